The van der Waals surface area contributed by atoms with Crippen LogP contribution in [0, 0.1) is 5.92 Å². The molecule has 0 aliphatic rings. The van der Waals surface area contributed by atoms with Gasteiger partial charge in [0.25, 0.3) is 0 Å². The van der Waals surface area contributed by atoms with Crippen molar-refractivity contribution in [2.24, 2.45) is 5.92 Å². The molecule has 1 aromatic rings. The van der Waals surface area contributed by atoms with E-state index < -0.39 is 6.09 Å². The van der Waals surface area contributed by atoms with Gasteiger partial charge < -0.3 is 15.2 Å². The summed E-state index contributed by atoms with van der Waals surface area (Å²) in [6.07, 6.45) is -0.461. The molecule has 1 rings (SSSR count). The number of alkyl carbamates (subject to hydrolysis) is 1. The lowest BCUT2D eigenvalue weighted by Gasteiger charge is -2.09. The lowest BCUT2D eigenvalue weighted by molar-refractivity contribution is 0.132. The van der Waals surface area contributed by atoms with Gasteiger partial charge in [0.1, 0.15) is 5.75 Å². The fourth-order valence-electron chi connectivity index (χ4n) is 1.12. The molecule has 1 amide bonds. The third-order valence-electron chi connectivity index (χ3n) is 1.96. The number of carbonyl (C=O) groups excluding carboxylic acids is 1. The standard InChI is InChI=1S/C12H17NO3/c1-9(2)8-16-12(15)13-7-10-5-3-4-6-11(10)14/h3-6,9,14H,7-8H2,1-2H3,(H,13,15). The fraction of sp³-hybridized carbons (Fsp3) is 0.417. The van der Waals surface area contributed by atoms with Crippen molar-refractivity contribution in [3.05, 3.63) is 29.8 Å². The maximum atomic E-state index is 11.2. The van der Waals surface area contributed by atoms with Crippen molar-refractivity contribution in [3.63, 3.8) is 0 Å². The molecule has 0 saturated heterocycles. The van der Waals surface area contributed by atoms with Gasteiger partial charge in [-0.2, -0.15) is 0 Å². The zero-order valence-electron chi connectivity index (χ0n) is 9.56. The average molecular weight is 223 g/mol. The van der Waals surface area contributed by atoms with Crippen molar-refractivity contribution in [1.82, 2.24) is 5.32 Å². The van der Waals surface area contributed by atoms with Crippen molar-refractivity contribution in [3.8, 4) is 5.75 Å². The van der Waals surface area contributed by atoms with Gasteiger partial charge in [0, 0.05) is 12.1 Å². The number of rotatable bonds is 4. The van der Waals surface area contributed by atoms with E-state index in [0.29, 0.717) is 18.1 Å². The average Bonchev–Trinajstić information content (AvgIpc) is 2.25. The van der Waals surface area contributed by atoms with Crippen molar-refractivity contribution >= 4 is 6.09 Å². The molecule has 0 spiro atoms. The van der Waals surface area contributed by atoms with Gasteiger partial charge in [0.15, 0.2) is 0 Å². The van der Waals surface area contributed by atoms with E-state index in [2.05, 4.69) is 5.32 Å². The highest BCUT2D eigenvalue weighted by Gasteiger charge is 2.05. The quantitative estimate of drug-likeness (QED) is 0.823. The van der Waals surface area contributed by atoms with Gasteiger partial charge in [-0.05, 0) is 12.0 Å². The zero-order chi connectivity index (χ0) is 12.0. The second-order valence-corrected chi connectivity index (χ2v) is 3.97. The highest BCUT2D eigenvalue weighted by atomic mass is 16.5. The Morgan fingerprint density at radius 2 is 2.12 bits per heavy atom. The summed E-state index contributed by atoms with van der Waals surface area (Å²) in [5, 5.41) is 12.0. The summed E-state index contributed by atoms with van der Waals surface area (Å²) in [4.78, 5) is 11.2. The molecule has 0 aliphatic carbocycles. The molecule has 2 N–H and O–H groups in total. The van der Waals surface area contributed by atoms with Gasteiger partial charge in [-0.1, -0.05) is 32.0 Å². The summed E-state index contributed by atoms with van der Waals surface area (Å²) in [6, 6.07) is 6.86. The number of amides is 1. The summed E-state index contributed by atoms with van der Waals surface area (Å²) in [5.74, 6) is 0.488. The van der Waals surface area contributed by atoms with Crippen LogP contribution in [-0.2, 0) is 11.3 Å². The van der Waals surface area contributed by atoms with Crippen LogP contribution < -0.4 is 5.32 Å². The first-order valence-corrected chi connectivity index (χ1v) is 5.27. The number of aromatic hydroxyl groups is 1. The Hall–Kier alpha value is -1.71. The topological polar surface area (TPSA) is 58.6 Å². The molecule has 0 unspecified atom stereocenters. The smallest absolute Gasteiger partial charge is 0.407 e. The third kappa shape index (κ3) is 4.21. The van der Waals surface area contributed by atoms with Crippen molar-refractivity contribution in [2.45, 2.75) is 20.4 Å². The van der Waals surface area contributed by atoms with Gasteiger partial charge in [-0.25, -0.2) is 4.79 Å². The number of phenols is 1. The molecular weight excluding hydrogens is 206 g/mol. The first kappa shape index (κ1) is 12.4. The van der Waals surface area contributed by atoms with E-state index in [0.717, 1.165) is 0 Å². The molecule has 0 bridgehead atoms. The predicted octanol–water partition coefficient (Wildman–Crippen LogP) is 2.27. The number of benzene rings is 1. The van der Waals surface area contributed by atoms with Crippen LogP contribution in [0.2, 0.25) is 0 Å². The Morgan fingerprint density at radius 3 is 2.75 bits per heavy atom. The van der Waals surface area contributed by atoms with Crippen LogP contribution in [0.4, 0.5) is 4.79 Å². The number of nitrogens with one attached hydrogen (secondary N) is 1. The van der Waals surface area contributed by atoms with Crippen LogP contribution in [0.1, 0.15) is 19.4 Å². The van der Waals surface area contributed by atoms with Gasteiger partial charge in [-0.15, -0.1) is 0 Å². The summed E-state index contributed by atoms with van der Waals surface area (Å²) in [5.41, 5.74) is 0.670. The number of ether oxygens (including phenoxy) is 1. The van der Waals surface area contributed by atoms with Crippen LogP contribution >= 0.6 is 0 Å². The Balaban J connectivity index is 2.35. The molecule has 4 heteroatoms. The van der Waals surface area contributed by atoms with Crippen LogP contribution in [0.25, 0.3) is 0 Å². The monoisotopic (exact) mass is 223 g/mol. The summed E-state index contributed by atoms with van der Waals surface area (Å²) in [6.45, 7) is 4.60. The highest BCUT2D eigenvalue weighted by Crippen LogP contribution is 2.14. The number of hydrogen-bond acceptors (Lipinski definition) is 3. The molecule has 88 valence electrons. The number of carbonyl (C=O) groups is 1. The fourth-order valence-corrected chi connectivity index (χ4v) is 1.12. The zero-order valence-corrected chi connectivity index (χ0v) is 9.56. The first-order valence-electron chi connectivity index (χ1n) is 5.27. The Bertz CT molecular complexity index is 350. The van der Waals surface area contributed by atoms with Gasteiger partial charge >= 0.3 is 6.09 Å². The first-order chi connectivity index (χ1) is 7.59. The minimum Gasteiger partial charge on any atom is -0.508 e. The van der Waals surface area contributed by atoms with Gasteiger partial charge in [-0.3, -0.25) is 0 Å². The second kappa shape index (κ2) is 6.00. The van der Waals surface area contributed by atoms with Crippen LogP contribution in [-0.4, -0.2) is 17.8 Å². The molecular formula is C12H17NO3. The van der Waals surface area contributed by atoms with Crippen molar-refractivity contribution < 1.29 is 14.6 Å². The highest BCUT2D eigenvalue weighted by molar-refractivity contribution is 5.67. The third-order valence-corrected chi connectivity index (χ3v) is 1.96. The SMILES string of the molecule is CC(C)COC(=O)NCc1ccccc1O. The molecule has 0 saturated carbocycles. The molecule has 0 radical (unpaired) electrons. The van der Waals surface area contributed by atoms with Crippen LogP contribution in [0.15, 0.2) is 24.3 Å². The van der Waals surface area contributed by atoms with E-state index >= 15 is 0 Å². The Morgan fingerprint density at radius 1 is 1.44 bits per heavy atom. The Labute approximate surface area is 95.2 Å². The van der Waals surface area contributed by atoms with Gasteiger partial charge in [0.05, 0.1) is 6.61 Å². The minimum atomic E-state index is -0.461. The maximum absolute atomic E-state index is 11.2. The minimum absolute atomic E-state index is 0.173. The molecule has 4 nitrogen and oxygen atoms in total. The molecule has 16 heavy (non-hydrogen) atoms. The van der Waals surface area contributed by atoms with Crippen LogP contribution in [0.5, 0.6) is 5.75 Å². The lowest BCUT2D eigenvalue weighted by atomic mass is 10.2. The molecule has 0 aromatic heterocycles. The van der Waals surface area contributed by atoms with Gasteiger partial charge in [0.2, 0.25) is 0 Å². The number of phenolic OH excluding ortho intramolecular Hbond substituents is 1. The van der Waals surface area contributed by atoms with E-state index in [1.807, 2.05) is 13.8 Å². The van der Waals surface area contributed by atoms with Crippen molar-refractivity contribution in [2.75, 3.05) is 6.61 Å². The Kier molecular flexibility index (Phi) is 4.64. The van der Waals surface area contributed by atoms with Crippen molar-refractivity contribution in [1.29, 1.82) is 0 Å². The predicted molar refractivity (Wildman–Crippen MR) is 61.1 cm³/mol. The molecule has 0 atom stereocenters. The second-order valence-electron chi connectivity index (χ2n) is 3.97. The van der Waals surface area contributed by atoms with E-state index in [1.165, 1.54) is 0 Å². The molecule has 0 aliphatic heterocycles. The summed E-state index contributed by atoms with van der Waals surface area (Å²) in [7, 11) is 0. The van der Waals surface area contributed by atoms with E-state index in [-0.39, 0.29) is 12.3 Å². The van der Waals surface area contributed by atoms with E-state index in [9.17, 15) is 9.90 Å². The molecule has 0 heterocycles. The van der Waals surface area contributed by atoms with E-state index in [4.69, 9.17) is 4.74 Å². The normalized spacial score (nSPS) is 10.2. The molecule has 0 fully saturated rings. The molecule has 1 aromatic carbocycles. The summed E-state index contributed by atoms with van der Waals surface area (Å²) >= 11 is 0. The number of para-hydroxylation sites is 1. The van der Waals surface area contributed by atoms with E-state index in [1.54, 1.807) is 24.3 Å². The summed E-state index contributed by atoms with van der Waals surface area (Å²) < 4.78 is 4.93. The largest absolute Gasteiger partial charge is 0.508 e. The lowest BCUT2D eigenvalue weighted by Crippen LogP contribution is -2.25. The number of hydrogen-bond donors (Lipinski definition) is 2. The maximum Gasteiger partial charge on any atom is 0.407 e. The van der Waals surface area contributed by atoms with Crippen LogP contribution in [0.3, 0.4) is 0 Å².